The highest BCUT2D eigenvalue weighted by Gasteiger charge is 2.26. The summed E-state index contributed by atoms with van der Waals surface area (Å²) in [5, 5.41) is 2.82. The maximum absolute atomic E-state index is 10.8. The van der Waals surface area contributed by atoms with Gasteiger partial charge in [0.25, 0.3) is 0 Å². The molecule has 0 radical (unpaired) electrons. The van der Waals surface area contributed by atoms with E-state index in [-0.39, 0.29) is 5.91 Å². The molecule has 3 nitrogen and oxygen atoms in total. The van der Waals surface area contributed by atoms with Crippen LogP contribution in [0.2, 0.25) is 0 Å². The number of hydrogen-bond donors (Lipinski definition) is 2. The molecule has 1 fully saturated rings. The van der Waals surface area contributed by atoms with E-state index in [1.807, 2.05) is 0 Å². The molecule has 0 bridgehead atoms. The van der Waals surface area contributed by atoms with E-state index in [1.165, 1.54) is 0 Å². The number of hydrogen-bond acceptors (Lipinski definition) is 2. The summed E-state index contributed by atoms with van der Waals surface area (Å²) in [6, 6.07) is 0. The highest BCUT2D eigenvalue weighted by atomic mass is 16.1. The van der Waals surface area contributed by atoms with Gasteiger partial charge in [-0.1, -0.05) is 13.3 Å². The van der Waals surface area contributed by atoms with Gasteiger partial charge in [0.15, 0.2) is 0 Å². The van der Waals surface area contributed by atoms with E-state index in [9.17, 15) is 4.79 Å². The molecule has 0 saturated carbocycles. The van der Waals surface area contributed by atoms with E-state index in [1.54, 1.807) is 0 Å². The second-order valence-corrected chi connectivity index (χ2v) is 3.17. The minimum atomic E-state index is 0.182. The third-order valence-electron chi connectivity index (χ3n) is 2.50. The topological polar surface area (TPSA) is 55.1 Å². The second-order valence-electron chi connectivity index (χ2n) is 3.17. The van der Waals surface area contributed by atoms with Gasteiger partial charge in [0, 0.05) is 13.0 Å². The Labute approximate surface area is 67.3 Å². The fourth-order valence-corrected chi connectivity index (χ4v) is 1.65. The highest BCUT2D eigenvalue weighted by molar-refractivity contribution is 5.78. The van der Waals surface area contributed by atoms with Crippen molar-refractivity contribution in [1.82, 2.24) is 5.32 Å². The van der Waals surface area contributed by atoms with Crippen molar-refractivity contribution in [2.75, 3.05) is 13.1 Å². The summed E-state index contributed by atoms with van der Waals surface area (Å²) < 4.78 is 0. The molecule has 0 aliphatic carbocycles. The Balaban J connectivity index is 2.40. The molecule has 3 N–H and O–H groups in total. The molecule has 64 valence electrons. The Morgan fingerprint density at radius 3 is 2.91 bits per heavy atom. The van der Waals surface area contributed by atoms with Crippen LogP contribution in [0.3, 0.4) is 0 Å². The molecule has 1 saturated heterocycles. The number of nitrogens with one attached hydrogen (secondary N) is 1. The molecule has 1 aliphatic rings. The first-order valence-corrected chi connectivity index (χ1v) is 4.24. The van der Waals surface area contributed by atoms with Gasteiger partial charge >= 0.3 is 0 Å². The van der Waals surface area contributed by atoms with Gasteiger partial charge < -0.3 is 11.1 Å². The minimum absolute atomic E-state index is 0.182. The number of nitrogens with two attached hydrogens (primary N) is 1. The van der Waals surface area contributed by atoms with Crippen molar-refractivity contribution >= 4 is 5.91 Å². The summed E-state index contributed by atoms with van der Waals surface area (Å²) in [7, 11) is 0. The van der Waals surface area contributed by atoms with Crippen LogP contribution in [0.5, 0.6) is 0 Å². The van der Waals surface area contributed by atoms with Crippen LogP contribution in [0.1, 0.15) is 19.8 Å². The average molecular weight is 156 g/mol. The van der Waals surface area contributed by atoms with Gasteiger partial charge in [-0.3, -0.25) is 4.79 Å². The smallest absolute Gasteiger partial charge is 0.220 e. The molecule has 2 atom stereocenters. The molecule has 1 heterocycles. The Hall–Kier alpha value is -0.570. The first-order chi connectivity index (χ1) is 5.27. The predicted molar refractivity (Wildman–Crippen MR) is 44.0 cm³/mol. The molecule has 1 amide bonds. The Morgan fingerprint density at radius 1 is 1.82 bits per heavy atom. The molecule has 1 rings (SSSR count). The molecule has 1 aliphatic heterocycles. The van der Waals surface area contributed by atoms with Crippen LogP contribution < -0.4 is 11.1 Å². The van der Waals surface area contributed by atoms with E-state index in [2.05, 4.69) is 12.2 Å². The number of rotatable bonds is 3. The van der Waals surface area contributed by atoms with Crippen LogP contribution >= 0.6 is 0 Å². The van der Waals surface area contributed by atoms with Crippen molar-refractivity contribution in [1.29, 1.82) is 0 Å². The van der Waals surface area contributed by atoms with Gasteiger partial charge in [-0.15, -0.1) is 0 Å². The first kappa shape index (κ1) is 8.53. The molecular weight excluding hydrogens is 140 g/mol. The molecule has 0 aromatic rings. The Bertz CT molecular complexity index is 143. The molecule has 2 unspecified atom stereocenters. The van der Waals surface area contributed by atoms with Crippen LogP contribution in [-0.2, 0) is 4.79 Å². The van der Waals surface area contributed by atoms with Gasteiger partial charge in [-0.2, -0.15) is 0 Å². The first-order valence-electron chi connectivity index (χ1n) is 4.24. The maximum atomic E-state index is 10.8. The highest BCUT2D eigenvalue weighted by Crippen LogP contribution is 2.21. The third kappa shape index (κ3) is 1.93. The SMILES string of the molecule is CCC(CN)C1CNC(=O)C1. The van der Waals surface area contributed by atoms with Crippen molar-refractivity contribution in [3.8, 4) is 0 Å². The Morgan fingerprint density at radius 2 is 2.55 bits per heavy atom. The molecule has 0 aromatic heterocycles. The number of amides is 1. The summed E-state index contributed by atoms with van der Waals surface area (Å²) in [6.07, 6.45) is 1.76. The molecule has 0 spiro atoms. The van der Waals surface area contributed by atoms with Crippen molar-refractivity contribution < 1.29 is 4.79 Å². The lowest BCUT2D eigenvalue weighted by molar-refractivity contribution is -0.119. The quantitative estimate of drug-likeness (QED) is 0.609. The van der Waals surface area contributed by atoms with Crippen LogP contribution in [0, 0.1) is 11.8 Å². The zero-order valence-corrected chi connectivity index (χ0v) is 6.97. The molecule has 0 aromatic carbocycles. The second kappa shape index (κ2) is 3.72. The van der Waals surface area contributed by atoms with Crippen molar-refractivity contribution in [3.05, 3.63) is 0 Å². The van der Waals surface area contributed by atoms with Gasteiger partial charge in [0.2, 0.25) is 5.91 Å². The summed E-state index contributed by atoms with van der Waals surface area (Å²) in [6.45, 7) is 3.66. The van der Waals surface area contributed by atoms with Crippen molar-refractivity contribution in [3.63, 3.8) is 0 Å². The van der Waals surface area contributed by atoms with E-state index < -0.39 is 0 Å². The molecular formula is C8H16N2O. The number of carbonyl (C=O) groups is 1. The van der Waals surface area contributed by atoms with E-state index >= 15 is 0 Å². The number of carbonyl (C=O) groups excluding carboxylic acids is 1. The van der Waals surface area contributed by atoms with Crippen molar-refractivity contribution in [2.45, 2.75) is 19.8 Å². The van der Waals surface area contributed by atoms with Crippen LogP contribution in [-0.4, -0.2) is 19.0 Å². The fourth-order valence-electron chi connectivity index (χ4n) is 1.65. The summed E-state index contributed by atoms with van der Waals surface area (Å²) in [5.74, 6) is 1.19. The van der Waals surface area contributed by atoms with E-state index in [0.29, 0.717) is 24.8 Å². The normalized spacial score (nSPS) is 26.7. The van der Waals surface area contributed by atoms with E-state index in [4.69, 9.17) is 5.73 Å². The van der Waals surface area contributed by atoms with Crippen LogP contribution in [0.15, 0.2) is 0 Å². The molecule has 11 heavy (non-hydrogen) atoms. The van der Waals surface area contributed by atoms with Gasteiger partial charge in [0.1, 0.15) is 0 Å². The van der Waals surface area contributed by atoms with Crippen LogP contribution in [0.4, 0.5) is 0 Å². The summed E-state index contributed by atoms with van der Waals surface area (Å²) >= 11 is 0. The predicted octanol–water partition coefficient (Wildman–Crippen LogP) is 0.107. The lowest BCUT2D eigenvalue weighted by Gasteiger charge is -2.17. The lowest BCUT2D eigenvalue weighted by Crippen LogP contribution is -2.24. The third-order valence-corrected chi connectivity index (χ3v) is 2.50. The Kier molecular flexibility index (Phi) is 2.88. The van der Waals surface area contributed by atoms with E-state index in [0.717, 1.165) is 13.0 Å². The minimum Gasteiger partial charge on any atom is -0.356 e. The van der Waals surface area contributed by atoms with Gasteiger partial charge in [-0.05, 0) is 18.4 Å². The lowest BCUT2D eigenvalue weighted by atomic mass is 9.89. The zero-order chi connectivity index (χ0) is 8.27. The standard InChI is InChI=1S/C8H16N2O/c1-2-6(4-9)7-3-8(11)10-5-7/h6-7H,2-5,9H2,1H3,(H,10,11). The maximum Gasteiger partial charge on any atom is 0.220 e. The van der Waals surface area contributed by atoms with Crippen LogP contribution in [0.25, 0.3) is 0 Å². The van der Waals surface area contributed by atoms with Gasteiger partial charge in [-0.25, -0.2) is 0 Å². The molecule has 3 heteroatoms. The largest absolute Gasteiger partial charge is 0.356 e. The average Bonchev–Trinajstić information content (AvgIpc) is 2.39. The summed E-state index contributed by atoms with van der Waals surface area (Å²) in [4.78, 5) is 10.8. The monoisotopic (exact) mass is 156 g/mol. The van der Waals surface area contributed by atoms with Gasteiger partial charge in [0.05, 0.1) is 0 Å². The summed E-state index contributed by atoms with van der Waals surface area (Å²) in [5.41, 5.74) is 5.57. The zero-order valence-electron chi connectivity index (χ0n) is 6.97. The fraction of sp³-hybridized carbons (Fsp3) is 0.875. The van der Waals surface area contributed by atoms with Crippen molar-refractivity contribution in [2.24, 2.45) is 17.6 Å².